The van der Waals surface area contributed by atoms with Crippen LogP contribution >= 0.6 is 11.6 Å². The molecule has 0 saturated heterocycles. The Balaban J connectivity index is 3.14. The minimum absolute atomic E-state index is 0.0639. The summed E-state index contributed by atoms with van der Waals surface area (Å²) in [6, 6.07) is 2.23. The van der Waals surface area contributed by atoms with Crippen molar-refractivity contribution in [2.45, 2.75) is 20.8 Å². The molecule has 0 radical (unpaired) electrons. The third-order valence-corrected chi connectivity index (χ3v) is 2.39. The van der Waals surface area contributed by atoms with Gasteiger partial charge in [0, 0.05) is 0 Å². The molecule has 0 bridgehead atoms. The maximum Gasteiger partial charge on any atom is 0.316 e. The van der Waals surface area contributed by atoms with Gasteiger partial charge in [-0.15, -0.1) is 0 Å². The summed E-state index contributed by atoms with van der Waals surface area (Å²) in [7, 11) is 0. The Hall–Kier alpha value is -1.82. The molecule has 1 rings (SSSR count). The lowest BCUT2D eigenvalue weighted by molar-refractivity contribution is -0.384. The van der Waals surface area contributed by atoms with Crippen molar-refractivity contribution < 1.29 is 14.5 Å². The average Bonchev–Trinajstić information content (AvgIpc) is 2.19. The largest absolute Gasteiger partial charge is 0.424 e. The van der Waals surface area contributed by atoms with E-state index in [1.807, 2.05) is 0 Å². The maximum absolute atomic E-state index is 11.7. The summed E-state index contributed by atoms with van der Waals surface area (Å²) in [6.45, 7) is 4.99. The molecule has 0 aliphatic carbocycles. The van der Waals surface area contributed by atoms with Crippen molar-refractivity contribution in [2.24, 2.45) is 5.41 Å². The number of carbonyl (C=O) groups excluding carboxylic acids is 1. The number of halogens is 1. The van der Waals surface area contributed by atoms with E-state index in [0.29, 0.717) is 0 Å². The number of esters is 1. The molecule has 0 unspecified atom stereocenters. The van der Waals surface area contributed by atoms with E-state index in [-0.39, 0.29) is 22.1 Å². The number of ether oxygens (including phenoxy) is 1. The third-order valence-electron chi connectivity index (χ3n) is 2.09. The van der Waals surface area contributed by atoms with Crippen molar-refractivity contribution in [3.05, 3.63) is 27.3 Å². The Bertz CT molecular complexity index is 509. The third kappa shape index (κ3) is 3.10. The first kappa shape index (κ1) is 14.2. The number of nitrogen functional groups attached to an aromatic ring is 1. The quantitative estimate of drug-likeness (QED) is 0.294. The molecule has 6 nitrogen and oxygen atoms in total. The van der Waals surface area contributed by atoms with Gasteiger partial charge in [0.1, 0.15) is 5.02 Å². The van der Waals surface area contributed by atoms with Crippen molar-refractivity contribution >= 4 is 28.9 Å². The first-order chi connectivity index (χ1) is 8.12. The van der Waals surface area contributed by atoms with Gasteiger partial charge < -0.3 is 10.5 Å². The Labute approximate surface area is 109 Å². The second-order valence-corrected chi connectivity index (χ2v) is 5.15. The molecular formula is C11H13ClN2O4. The standard InChI is InChI=1S/C11H13ClN2O4/c1-11(2,3)10(15)18-9-5-8(14(16)17)6(12)4-7(9)13/h4-5H,13H2,1-3H3. The van der Waals surface area contributed by atoms with Crippen LogP contribution in [0.3, 0.4) is 0 Å². The van der Waals surface area contributed by atoms with Crippen LogP contribution in [0.4, 0.5) is 11.4 Å². The lowest BCUT2D eigenvalue weighted by Crippen LogP contribution is -2.25. The minimum atomic E-state index is -0.735. The second-order valence-electron chi connectivity index (χ2n) is 4.74. The van der Waals surface area contributed by atoms with Crippen molar-refractivity contribution in [3.63, 3.8) is 0 Å². The number of nitrogens with zero attached hydrogens (tertiary/aromatic N) is 1. The molecule has 0 fully saturated rings. The number of hydrogen-bond donors (Lipinski definition) is 1. The van der Waals surface area contributed by atoms with Gasteiger partial charge in [-0.05, 0) is 26.8 Å². The van der Waals surface area contributed by atoms with Crippen LogP contribution in [0.2, 0.25) is 5.02 Å². The van der Waals surface area contributed by atoms with Gasteiger partial charge >= 0.3 is 5.97 Å². The molecule has 98 valence electrons. The highest BCUT2D eigenvalue weighted by Gasteiger charge is 2.26. The van der Waals surface area contributed by atoms with Gasteiger partial charge in [0.15, 0.2) is 5.75 Å². The first-order valence-electron chi connectivity index (χ1n) is 5.08. The van der Waals surface area contributed by atoms with Gasteiger partial charge in [-0.2, -0.15) is 0 Å². The van der Waals surface area contributed by atoms with E-state index in [4.69, 9.17) is 22.1 Å². The fourth-order valence-electron chi connectivity index (χ4n) is 1.04. The molecule has 1 aromatic carbocycles. The van der Waals surface area contributed by atoms with Crippen LogP contribution in [0.15, 0.2) is 12.1 Å². The lowest BCUT2D eigenvalue weighted by Gasteiger charge is -2.17. The highest BCUT2D eigenvalue weighted by atomic mass is 35.5. The summed E-state index contributed by atoms with van der Waals surface area (Å²) in [5.74, 6) is -0.600. The monoisotopic (exact) mass is 272 g/mol. The molecule has 0 aliphatic heterocycles. The van der Waals surface area contributed by atoms with Gasteiger partial charge in [0.2, 0.25) is 0 Å². The number of hydrogen-bond acceptors (Lipinski definition) is 5. The van der Waals surface area contributed by atoms with Crippen molar-refractivity contribution in [1.29, 1.82) is 0 Å². The highest BCUT2D eigenvalue weighted by Crippen LogP contribution is 2.35. The van der Waals surface area contributed by atoms with Gasteiger partial charge in [-0.3, -0.25) is 14.9 Å². The van der Waals surface area contributed by atoms with Gasteiger partial charge in [-0.1, -0.05) is 11.6 Å². The fourth-order valence-corrected chi connectivity index (χ4v) is 1.28. The van der Waals surface area contributed by atoms with Gasteiger partial charge in [-0.25, -0.2) is 0 Å². The van der Waals surface area contributed by atoms with Crippen molar-refractivity contribution in [1.82, 2.24) is 0 Å². The summed E-state index contributed by atoms with van der Waals surface area (Å²) in [4.78, 5) is 21.7. The maximum atomic E-state index is 11.7. The van der Waals surface area contributed by atoms with E-state index in [1.165, 1.54) is 6.07 Å². The normalized spacial score (nSPS) is 11.1. The Morgan fingerprint density at radius 2 is 2.00 bits per heavy atom. The summed E-state index contributed by atoms with van der Waals surface area (Å²) in [6.07, 6.45) is 0. The number of nitro groups is 1. The number of anilines is 1. The second kappa shape index (κ2) is 4.81. The zero-order valence-electron chi connectivity index (χ0n) is 10.2. The number of carbonyl (C=O) groups is 1. The number of rotatable bonds is 2. The predicted molar refractivity (Wildman–Crippen MR) is 67.6 cm³/mol. The molecule has 0 saturated carbocycles. The molecule has 7 heteroatoms. The van der Waals surface area contributed by atoms with Crippen LogP contribution in [-0.4, -0.2) is 10.9 Å². The molecule has 0 heterocycles. The summed E-state index contributed by atoms with van der Waals surface area (Å²) >= 11 is 5.66. The molecule has 1 aromatic rings. The fraction of sp³-hybridized carbons (Fsp3) is 0.364. The molecule has 0 atom stereocenters. The van der Waals surface area contributed by atoms with Crippen LogP contribution in [0.5, 0.6) is 5.75 Å². The SMILES string of the molecule is CC(C)(C)C(=O)Oc1cc([N+](=O)[O-])c(Cl)cc1N. The Morgan fingerprint density at radius 3 is 2.44 bits per heavy atom. The summed E-state index contributed by atoms with van der Waals surface area (Å²) in [5.41, 5.74) is 4.58. The molecule has 0 aromatic heterocycles. The van der Waals surface area contributed by atoms with E-state index in [9.17, 15) is 14.9 Å². The molecule has 0 spiro atoms. The number of benzene rings is 1. The Kier molecular flexibility index (Phi) is 3.81. The summed E-state index contributed by atoms with van der Waals surface area (Å²) in [5, 5.41) is 10.6. The smallest absolute Gasteiger partial charge is 0.316 e. The average molecular weight is 273 g/mol. The molecule has 2 N–H and O–H groups in total. The number of nitro benzene ring substituents is 1. The minimum Gasteiger partial charge on any atom is -0.424 e. The molecule has 18 heavy (non-hydrogen) atoms. The van der Waals surface area contributed by atoms with E-state index in [2.05, 4.69) is 0 Å². The van der Waals surface area contributed by atoms with Crippen LogP contribution < -0.4 is 10.5 Å². The zero-order valence-corrected chi connectivity index (χ0v) is 10.9. The van der Waals surface area contributed by atoms with Gasteiger partial charge in [0.05, 0.1) is 22.1 Å². The van der Waals surface area contributed by atoms with E-state index in [0.717, 1.165) is 6.07 Å². The van der Waals surface area contributed by atoms with Crippen molar-refractivity contribution in [3.8, 4) is 5.75 Å². The van der Waals surface area contributed by atoms with Crippen LogP contribution in [0.25, 0.3) is 0 Å². The predicted octanol–water partition coefficient (Wildman–Crippen LogP) is 2.78. The van der Waals surface area contributed by atoms with E-state index < -0.39 is 16.3 Å². The van der Waals surface area contributed by atoms with Crippen LogP contribution in [-0.2, 0) is 4.79 Å². The van der Waals surface area contributed by atoms with Gasteiger partial charge in [0.25, 0.3) is 5.69 Å². The van der Waals surface area contributed by atoms with E-state index in [1.54, 1.807) is 20.8 Å². The number of nitrogens with two attached hydrogens (primary N) is 1. The molecular weight excluding hydrogens is 260 g/mol. The first-order valence-corrected chi connectivity index (χ1v) is 5.46. The summed E-state index contributed by atoms with van der Waals surface area (Å²) < 4.78 is 5.03. The van der Waals surface area contributed by atoms with E-state index >= 15 is 0 Å². The Morgan fingerprint density at radius 1 is 1.44 bits per heavy atom. The van der Waals surface area contributed by atoms with Crippen molar-refractivity contribution in [2.75, 3.05) is 5.73 Å². The lowest BCUT2D eigenvalue weighted by atomic mass is 9.97. The highest BCUT2D eigenvalue weighted by molar-refractivity contribution is 6.33. The van der Waals surface area contributed by atoms with Crippen LogP contribution in [0.1, 0.15) is 20.8 Å². The molecule has 0 aliphatic rings. The van der Waals surface area contributed by atoms with Crippen LogP contribution in [0, 0.1) is 15.5 Å². The zero-order chi connectivity index (χ0) is 14.1. The molecule has 0 amide bonds. The topological polar surface area (TPSA) is 95.5 Å².